The lowest BCUT2D eigenvalue weighted by Crippen LogP contribution is -1.99. The van der Waals surface area contributed by atoms with Crippen LogP contribution < -0.4 is 5.73 Å². The highest BCUT2D eigenvalue weighted by atomic mass is 79.9. The van der Waals surface area contributed by atoms with E-state index in [2.05, 4.69) is 43.4 Å². The second-order valence-corrected chi connectivity index (χ2v) is 5.68. The van der Waals surface area contributed by atoms with Gasteiger partial charge in [-0.1, -0.05) is 18.2 Å². The normalized spacial score (nSPS) is 11.0. The van der Waals surface area contributed by atoms with Gasteiger partial charge in [-0.05, 0) is 28.9 Å². The molecular weight excluding hydrogens is 310 g/mol. The third-order valence-electron chi connectivity index (χ3n) is 2.76. The van der Waals surface area contributed by atoms with E-state index in [1.54, 1.807) is 11.3 Å². The maximum Gasteiger partial charge on any atom is 0.163 e. The quantitative estimate of drug-likeness (QED) is 0.737. The maximum atomic E-state index is 5.88. The minimum Gasteiger partial charge on any atom is -0.383 e. The molecule has 3 rings (SSSR count). The molecule has 3 aromatic rings. The van der Waals surface area contributed by atoms with Crippen LogP contribution in [0, 0.1) is 6.92 Å². The van der Waals surface area contributed by atoms with Gasteiger partial charge < -0.3 is 5.73 Å². The number of hydrogen-bond acceptors (Lipinski definition) is 4. The lowest BCUT2D eigenvalue weighted by Gasteiger charge is -2.05. The molecule has 0 radical (unpaired) electrons. The van der Waals surface area contributed by atoms with Crippen LogP contribution in [-0.4, -0.2) is 9.97 Å². The number of nitrogen functional groups attached to an aromatic ring is 1. The molecule has 2 N–H and O–H groups in total. The van der Waals surface area contributed by atoms with Crippen LogP contribution >= 0.6 is 27.3 Å². The second-order valence-electron chi connectivity index (χ2n) is 3.98. The molecule has 0 unspecified atom stereocenters. The minimum atomic E-state index is 0.479. The largest absolute Gasteiger partial charge is 0.383 e. The number of anilines is 1. The van der Waals surface area contributed by atoms with Crippen LogP contribution in [0.5, 0.6) is 0 Å². The average Bonchev–Trinajstić information content (AvgIpc) is 2.79. The number of aromatic nitrogens is 2. The molecule has 1 aromatic carbocycles. The summed E-state index contributed by atoms with van der Waals surface area (Å²) in [6, 6.07) is 8.23. The molecular formula is C13H10BrN3S. The van der Waals surface area contributed by atoms with Crippen LogP contribution in [0.15, 0.2) is 34.1 Å². The Labute approximate surface area is 117 Å². The number of aryl methyl sites for hydroxylation is 1. The van der Waals surface area contributed by atoms with Crippen LogP contribution in [0.4, 0.5) is 5.82 Å². The predicted molar refractivity (Wildman–Crippen MR) is 79.7 cm³/mol. The number of hydrogen-bond donors (Lipinski definition) is 1. The Bertz CT molecular complexity index is 713. The van der Waals surface area contributed by atoms with Gasteiger partial charge in [0.05, 0.1) is 10.2 Å². The van der Waals surface area contributed by atoms with Crippen LogP contribution in [0.1, 0.15) is 5.69 Å². The van der Waals surface area contributed by atoms with E-state index in [0.717, 1.165) is 15.7 Å². The summed E-state index contributed by atoms with van der Waals surface area (Å²) in [4.78, 5) is 8.85. The predicted octanol–water partition coefficient (Wildman–Crippen LogP) is 4.01. The summed E-state index contributed by atoms with van der Waals surface area (Å²) in [6.07, 6.45) is 0. The van der Waals surface area contributed by atoms with Crippen molar-refractivity contribution < 1.29 is 0 Å². The van der Waals surface area contributed by atoms with Gasteiger partial charge in [0.25, 0.3) is 0 Å². The lowest BCUT2D eigenvalue weighted by molar-refractivity contribution is 1.11. The molecule has 0 aliphatic heterocycles. The van der Waals surface area contributed by atoms with Gasteiger partial charge in [0, 0.05) is 21.0 Å². The fourth-order valence-electron chi connectivity index (χ4n) is 1.85. The van der Waals surface area contributed by atoms with Gasteiger partial charge in [0.15, 0.2) is 5.82 Å². The van der Waals surface area contributed by atoms with E-state index in [1.165, 1.54) is 10.1 Å². The van der Waals surface area contributed by atoms with Gasteiger partial charge in [0.2, 0.25) is 0 Å². The van der Waals surface area contributed by atoms with Crippen molar-refractivity contribution in [1.82, 2.24) is 9.97 Å². The maximum absolute atomic E-state index is 5.88. The van der Waals surface area contributed by atoms with Gasteiger partial charge >= 0.3 is 0 Å². The first-order chi connectivity index (χ1) is 8.66. The first-order valence-corrected chi connectivity index (χ1v) is 7.10. The van der Waals surface area contributed by atoms with Crippen LogP contribution in [0.3, 0.4) is 0 Å². The summed E-state index contributed by atoms with van der Waals surface area (Å²) in [6.45, 7) is 1.92. The zero-order valence-corrected chi connectivity index (χ0v) is 12.0. The third-order valence-corrected chi connectivity index (χ3v) is 4.71. The van der Waals surface area contributed by atoms with Crippen molar-refractivity contribution >= 4 is 43.2 Å². The van der Waals surface area contributed by atoms with Gasteiger partial charge in [0.1, 0.15) is 5.82 Å². The van der Waals surface area contributed by atoms with Crippen molar-refractivity contribution in [3.8, 4) is 11.4 Å². The van der Waals surface area contributed by atoms with Crippen molar-refractivity contribution in [2.75, 3.05) is 5.73 Å². The van der Waals surface area contributed by atoms with Gasteiger partial charge in [-0.3, -0.25) is 0 Å². The van der Waals surface area contributed by atoms with E-state index >= 15 is 0 Å². The molecule has 0 fully saturated rings. The SMILES string of the molecule is Cc1nc(-c2csc3ccccc23)nc(N)c1Br. The van der Waals surface area contributed by atoms with E-state index in [-0.39, 0.29) is 0 Å². The number of benzene rings is 1. The molecule has 0 spiro atoms. The fraction of sp³-hybridized carbons (Fsp3) is 0.0769. The van der Waals surface area contributed by atoms with Gasteiger partial charge in [-0.15, -0.1) is 11.3 Å². The molecule has 18 heavy (non-hydrogen) atoms. The van der Waals surface area contributed by atoms with Crippen LogP contribution in [0.25, 0.3) is 21.5 Å². The lowest BCUT2D eigenvalue weighted by atomic mass is 10.1. The zero-order valence-electron chi connectivity index (χ0n) is 9.64. The molecule has 90 valence electrons. The highest BCUT2D eigenvalue weighted by Gasteiger charge is 2.12. The smallest absolute Gasteiger partial charge is 0.163 e. The Morgan fingerprint density at radius 1 is 1.22 bits per heavy atom. The first kappa shape index (κ1) is 11.6. The highest BCUT2D eigenvalue weighted by Crippen LogP contribution is 2.33. The highest BCUT2D eigenvalue weighted by molar-refractivity contribution is 9.10. The van der Waals surface area contributed by atoms with E-state index in [4.69, 9.17) is 5.73 Å². The van der Waals surface area contributed by atoms with Crippen LogP contribution in [0.2, 0.25) is 0 Å². The summed E-state index contributed by atoms with van der Waals surface area (Å²) < 4.78 is 2.00. The van der Waals surface area contributed by atoms with Crippen molar-refractivity contribution in [2.45, 2.75) is 6.92 Å². The number of rotatable bonds is 1. The molecule has 0 amide bonds. The van der Waals surface area contributed by atoms with Crippen molar-refractivity contribution in [3.63, 3.8) is 0 Å². The molecule has 0 aliphatic rings. The third kappa shape index (κ3) is 1.79. The molecule has 5 heteroatoms. The number of halogens is 1. The number of fused-ring (bicyclic) bond motifs is 1. The van der Waals surface area contributed by atoms with Crippen molar-refractivity contribution in [1.29, 1.82) is 0 Å². The van der Waals surface area contributed by atoms with E-state index in [9.17, 15) is 0 Å². The van der Waals surface area contributed by atoms with E-state index < -0.39 is 0 Å². The Morgan fingerprint density at radius 2 is 2.00 bits per heavy atom. The topological polar surface area (TPSA) is 51.8 Å². The molecule has 2 heterocycles. The summed E-state index contributed by atoms with van der Waals surface area (Å²) in [5, 5.41) is 3.25. The second kappa shape index (κ2) is 4.33. The fourth-order valence-corrected chi connectivity index (χ4v) is 2.97. The molecule has 0 bridgehead atoms. The molecule has 0 aliphatic carbocycles. The zero-order chi connectivity index (χ0) is 12.7. The Balaban J connectivity index is 2.26. The summed E-state index contributed by atoms with van der Waals surface area (Å²) in [5.41, 5.74) is 7.77. The minimum absolute atomic E-state index is 0.479. The monoisotopic (exact) mass is 319 g/mol. The number of nitrogens with two attached hydrogens (primary N) is 1. The number of nitrogens with zero attached hydrogens (tertiary/aromatic N) is 2. The van der Waals surface area contributed by atoms with Gasteiger partial charge in [-0.25, -0.2) is 9.97 Å². The van der Waals surface area contributed by atoms with E-state index in [1.807, 2.05) is 19.1 Å². The van der Waals surface area contributed by atoms with Gasteiger partial charge in [-0.2, -0.15) is 0 Å². The number of thiophene rings is 1. The van der Waals surface area contributed by atoms with Crippen molar-refractivity contribution in [3.05, 3.63) is 39.8 Å². The summed E-state index contributed by atoms with van der Waals surface area (Å²) >= 11 is 5.07. The Hall–Kier alpha value is -1.46. The molecule has 3 nitrogen and oxygen atoms in total. The molecule has 2 aromatic heterocycles. The standard InChI is InChI=1S/C13H10BrN3S/c1-7-11(14)12(15)17-13(16-7)9-6-18-10-5-3-2-4-8(9)10/h2-6H,1H3,(H2,15,16,17). The molecule has 0 saturated carbocycles. The average molecular weight is 320 g/mol. The van der Waals surface area contributed by atoms with Crippen molar-refractivity contribution in [2.24, 2.45) is 0 Å². The Kier molecular flexibility index (Phi) is 2.80. The first-order valence-electron chi connectivity index (χ1n) is 5.43. The summed E-state index contributed by atoms with van der Waals surface area (Å²) in [5.74, 6) is 1.17. The molecule has 0 saturated heterocycles. The van der Waals surface area contributed by atoms with Crippen LogP contribution in [-0.2, 0) is 0 Å². The van der Waals surface area contributed by atoms with E-state index in [0.29, 0.717) is 11.6 Å². The summed E-state index contributed by atoms with van der Waals surface area (Å²) in [7, 11) is 0. The Morgan fingerprint density at radius 3 is 2.78 bits per heavy atom. The molecule has 0 atom stereocenters.